The van der Waals surface area contributed by atoms with Crippen LogP contribution in [0.1, 0.15) is 22.3 Å². The van der Waals surface area contributed by atoms with E-state index in [1.54, 1.807) is 0 Å². The van der Waals surface area contributed by atoms with Crippen molar-refractivity contribution in [1.82, 2.24) is 0 Å². The maximum Gasteiger partial charge on any atom is -0.00883 e. The molecule has 2 rings (SSSR count). The van der Waals surface area contributed by atoms with E-state index >= 15 is 0 Å². The molecular weight excluding hydrogens is 156 g/mol. The van der Waals surface area contributed by atoms with Crippen LogP contribution < -0.4 is 0 Å². The molecule has 0 saturated heterocycles. The Morgan fingerprint density at radius 1 is 1.08 bits per heavy atom. The molecule has 1 aromatic carbocycles. The number of allylic oxidation sites excluding steroid dienone is 3. The first-order valence-corrected chi connectivity index (χ1v) is 4.71. The van der Waals surface area contributed by atoms with Crippen molar-refractivity contribution in [2.24, 2.45) is 0 Å². The van der Waals surface area contributed by atoms with Gasteiger partial charge >= 0.3 is 0 Å². The number of hydrogen-bond acceptors (Lipinski definition) is 0. The molecule has 0 aromatic heterocycles. The molecule has 0 fully saturated rings. The predicted molar refractivity (Wildman–Crippen MR) is 57.8 cm³/mol. The summed E-state index contributed by atoms with van der Waals surface area (Å²) >= 11 is 0. The van der Waals surface area contributed by atoms with Crippen LogP contribution >= 0.6 is 0 Å². The lowest BCUT2D eigenvalue weighted by Gasteiger charge is -2.09. The Kier molecular flexibility index (Phi) is 2.05. The quantitative estimate of drug-likeness (QED) is 0.559. The highest BCUT2D eigenvalue weighted by molar-refractivity contribution is 5.62. The smallest absolute Gasteiger partial charge is 0.00883 e. The van der Waals surface area contributed by atoms with Gasteiger partial charge in [0.25, 0.3) is 0 Å². The summed E-state index contributed by atoms with van der Waals surface area (Å²) < 4.78 is 0. The first-order chi connectivity index (χ1) is 6.29. The Balaban J connectivity index is 2.63. The Hall–Kier alpha value is -1.30. The largest absolute Gasteiger partial charge is 0.0801 e. The number of hydrogen-bond donors (Lipinski definition) is 0. The molecule has 0 N–H and O–H groups in total. The second-order valence-corrected chi connectivity index (χ2v) is 3.57. The molecule has 1 aliphatic rings. The van der Waals surface area contributed by atoms with Gasteiger partial charge in [-0.05, 0) is 42.5 Å². The number of fused-ring (bicyclic) bond motifs is 1. The van der Waals surface area contributed by atoms with Crippen molar-refractivity contribution in [2.45, 2.75) is 20.3 Å². The maximum absolute atomic E-state index is 2.23. The molecule has 0 heteroatoms. The van der Waals surface area contributed by atoms with E-state index in [4.69, 9.17) is 0 Å². The SMILES string of the molecule is Cc1ccc2c(c1C)C=CC=CC2. The molecule has 0 nitrogen and oxygen atoms in total. The fraction of sp³-hybridized carbons (Fsp3) is 0.231. The number of benzene rings is 1. The molecule has 0 heterocycles. The number of aryl methyl sites for hydroxylation is 1. The van der Waals surface area contributed by atoms with Crippen LogP contribution in [0.15, 0.2) is 30.4 Å². The Labute approximate surface area is 79.6 Å². The minimum atomic E-state index is 1.06. The lowest BCUT2D eigenvalue weighted by Crippen LogP contribution is -1.92. The van der Waals surface area contributed by atoms with Gasteiger partial charge in [-0.25, -0.2) is 0 Å². The zero-order valence-corrected chi connectivity index (χ0v) is 8.17. The van der Waals surface area contributed by atoms with Gasteiger partial charge in [-0.15, -0.1) is 0 Å². The molecule has 0 aliphatic heterocycles. The van der Waals surface area contributed by atoms with E-state index in [0.717, 1.165) is 6.42 Å². The second-order valence-electron chi connectivity index (χ2n) is 3.57. The van der Waals surface area contributed by atoms with Gasteiger partial charge in [-0.1, -0.05) is 36.4 Å². The monoisotopic (exact) mass is 170 g/mol. The van der Waals surface area contributed by atoms with Gasteiger partial charge in [0, 0.05) is 0 Å². The van der Waals surface area contributed by atoms with Crippen LogP contribution in [0.2, 0.25) is 0 Å². The zero-order valence-electron chi connectivity index (χ0n) is 8.17. The highest BCUT2D eigenvalue weighted by atomic mass is 14.1. The van der Waals surface area contributed by atoms with Crippen molar-refractivity contribution in [1.29, 1.82) is 0 Å². The van der Waals surface area contributed by atoms with Crippen LogP contribution in [0.3, 0.4) is 0 Å². The van der Waals surface area contributed by atoms with Crippen LogP contribution in [0, 0.1) is 13.8 Å². The number of rotatable bonds is 0. The first-order valence-electron chi connectivity index (χ1n) is 4.71. The highest BCUT2D eigenvalue weighted by Crippen LogP contribution is 2.22. The molecule has 0 amide bonds. The lowest BCUT2D eigenvalue weighted by atomic mass is 9.96. The summed E-state index contributed by atoms with van der Waals surface area (Å²) in [6, 6.07) is 4.44. The van der Waals surface area contributed by atoms with Crippen LogP contribution in [0.4, 0.5) is 0 Å². The first kappa shape index (κ1) is 8.31. The molecular formula is C13H14. The molecule has 0 saturated carbocycles. The topological polar surface area (TPSA) is 0 Å². The molecule has 1 aliphatic carbocycles. The molecule has 0 spiro atoms. The third-order valence-electron chi connectivity index (χ3n) is 2.72. The van der Waals surface area contributed by atoms with Crippen LogP contribution in [-0.2, 0) is 6.42 Å². The molecule has 0 radical (unpaired) electrons. The van der Waals surface area contributed by atoms with Crippen LogP contribution in [0.5, 0.6) is 0 Å². The van der Waals surface area contributed by atoms with E-state index in [2.05, 4.69) is 50.3 Å². The normalized spacial score (nSPS) is 14.0. The van der Waals surface area contributed by atoms with Gasteiger partial charge in [0.2, 0.25) is 0 Å². The Bertz CT molecular complexity index is 381. The minimum absolute atomic E-state index is 1.06. The zero-order chi connectivity index (χ0) is 9.26. The second kappa shape index (κ2) is 3.21. The van der Waals surface area contributed by atoms with Crippen molar-refractivity contribution in [3.8, 4) is 0 Å². The molecule has 1 aromatic rings. The van der Waals surface area contributed by atoms with Crippen LogP contribution in [0.25, 0.3) is 6.08 Å². The van der Waals surface area contributed by atoms with Gasteiger partial charge in [0.05, 0.1) is 0 Å². The molecule has 13 heavy (non-hydrogen) atoms. The summed E-state index contributed by atoms with van der Waals surface area (Å²) in [4.78, 5) is 0. The summed E-state index contributed by atoms with van der Waals surface area (Å²) in [5, 5.41) is 0. The van der Waals surface area contributed by atoms with E-state index in [1.807, 2.05) is 0 Å². The predicted octanol–water partition coefficient (Wildman–Crippen LogP) is 3.43. The van der Waals surface area contributed by atoms with E-state index in [-0.39, 0.29) is 0 Å². The van der Waals surface area contributed by atoms with E-state index < -0.39 is 0 Å². The van der Waals surface area contributed by atoms with Gasteiger partial charge in [0.1, 0.15) is 0 Å². The van der Waals surface area contributed by atoms with Crippen molar-refractivity contribution < 1.29 is 0 Å². The standard InChI is InChI=1S/C13H14/c1-10-8-9-12-6-4-3-5-7-13(12)11(10)2/h3-5,7-9H,6H2,1-2H3. The van der Waals surface area contributed by atoms with Gasteiger partial charge in [-0.3, -0.25) is 0 Å². The third-order valence-corrected chi connectivity index (χ3v) is 2.72. The summed E-state index contributed by atoms with van der Waals surface area (Å²) in [5.74, 6) is 0. The van der Waals surface area contributed by atoms with E-state index in [0.29, 0.717) is 0 Å². The van der Waals surface area contributed by atoms with Crippen molar-refractivity contribution in [2.75, 3.05) is 0 Å². The van der Waals surface area contributed by atoms with Gasteiger partial charge in [-0.2, -0.15) is 0 Å². The van der Waals surface area contributed by atoms with Gasteiger partial charge in [0.15, 0.2) is 0 Å². The maximum atomic E-state index is 2.23. The molecule has 0 bridgehead atoms. The molecule has 66 valence electrons. The average Bonchev–Trinajstić information content (AvgIpc) is 2.36. The third kappa shape index (κ3) is 1.44. The summed E-state index contributed by atoms with van der Waals surface area (Å²) in [5.41, 5.74) is 5.64. The van der Waals surface area contributed by atoms with Gasteiger partial charge < -0.3 is 0 Å². The van der Waals surface area contributed by atoms with E-state index in [9.17, 15) is 0 Å². The highest BCUT2D eigenvalue weighted by Gasteiger charge is 2.04. The fourth-order valence-corrected chi connectivity index (χ4v) is 1.73. The summed E-state index contributed by atoms with van der Waals surface area (Å²) in [6.45, 7) is 4.37. The Morgan fingerprint density at radius 3 is 2.77 bits per heavy atom. The average molecular weight is 170 g/mol. The summed E-state index contributed by atoms with van der Waals surface area (Å²) in [6.07, 6.45) is 9.72. The Morgan fingerprint density at radius 2 is 1.92 bits per heavy atom. The van der Waals surface area contributed by atoms with Crippen molar-refractivity contribution in [3.05, 3.63) is 52.6 Å². The summed E-state index contributed by atoms with van der Waals surface area (Å²) in [7, 11) is 0. The fourth-order valence-electron chi connectivity index (χ4n) is 1.73. The van der Waals surface area contributed by atoms with Crippen molar-refractivity contribution in [3.63, 3.8) is 0 Å². The molecule has 0 unspecified atom stereocenters. The van der Waals surface area contributed by atoms with Crippen molar-refractivity contribution >= 4 is 6.08 Å². The van der Waals surface area contributed by atoms with E-state index in [1.165, 1.54) is 22.3 Å². The molecule has 0 atom stereocenters. The van der Waals surface area contributed by atoms with Crippen LogP contribution in [-0.4, -0.2) is 0 Å². The lowest BCUT2D eigenvalue weighted by molar-refractivity contribution is 1.21. The minimum Gasteiger partial charge on any atom is -0.0801 e.